The molecule has 0 saturated heterocycles. The molecule has 4 rings (SSSR count). The lowest BCUT2D eigenvalue weighted by Gasteiger charge is -2.13. The number of carbonyl (C=O) groups excluding carboxylic acids is 2. The predicted molar refractivity (Wildman–Crippen MR) is 102 cm³/mol. The molecule has 1 unspecified atom stereocenters. The molecular weight excluding hydrogens is 368 g/mol. The van der Waals surface area contributed by atoms with E-state index in [1.165, 1.54) is 24.9 Å². The zero-order valence-electron chi connectivity index (χ0n) is 14.4. The van der Waals surface area contributed by atoms with Crippen molar-refractivity contribution in [1.82, 2.24) is 19.7 Å². The Labute approximate surface area is 157 Å². The van der Waals surface area contributed by atoms with E-state index in [2.05, 4.69) is 25.8 Å². The van der Waals surface area contributed by atoms with Gasteiger partial charge in [0.2, 0.25) is 11.8 Å². The molecule has 1 atom stereocenters. The highest BCUT2D eigenvalue weighted by Gasteiger charge is 2.28. The van der Waals surface area contributed by atoms with E-state index >= 15 is 0 Å². The summed E-state index contributed by atoms with van der Waals surface area (Å²) < 4.78 is 1.57. The first-order chi connectivity index (χ1) is 13.0. The van der Waals surface area contributed by atoms with Gasteiger partial charge in [0.15, 0.2) is 10.8 Å². The number of aromatic amines is 1. The van der Waals surface area contributed by atoms with Gasteiger partial charge in [-0.05, 0) is 24.3 Å². The Kier molecular flexibility index (Phi) is 4.40. The van der Waals surface area contributed by atoms with Crippen LogP contribution in [0.15, 0.2) is 40.4 Å². The van der Waals surface area contributed by atoms with Crippen LogP contribution in [0.1, 0.15) is 19.4 Å². The number of thioether (sulfide) groups is 1. The Morgan fingerprint density at radius 1 is 1.26 bits per heavy atom. The van der Waals surface area contributed by atoms with E-state index < -0.39 is 0 Å². The Hall–Kier alpha value is -3.14. The smallest absolute Gasteiger partial charge is 0.265 e. The molecule has 2 amide bonds. The fourth-order valence-corrected chi connectivity index (χ4v) is 4.11. The van der Waals surface area contributed by atoms with Gasteiger partial charge in [0, 0.05) is 30.5 Å². The molecular formula is C17H16N6O3S. The summed E-state index contributed by atoms with van der Waals surface area (Å²) in [5, 5.41) is 13.0. The molecule has 0 saturated carbocycles. The van der Waals surface area contributed by atoms with Gasteiger partial charge in [0.1, 0.15) is 5.39 Å². The van der Waals surface area contributed by atoms with E-state index in [4.69, 9.17) is 0 Å². The third-order valence-corrected chi connectivity index (χ3v) is 5.26. The number of hydrogen-bond acceptors (Lipinski definition) is 6. The lowest BCUT2D eigenvalue weighted by Crippen LogP contribution is -2.27. The number of aromatic nitrogens is 4. The number of amides is 2. The zero-order valence-corrected chi connectivity index (χ0v) is 15.2. The minimum absolute atomic E-state index is 0.157. The molecule has 1 aliphatic heterocycles. The summed E-state index contributed by atoms with van der Waals surface area (Å²) in [6, 6.07) is 6.58. The van der Waals surface area contributed by atoms with Gasteiger partial charge in [-0.25, -0.2) is 4.98 Å². The van der Waals surface area contributed by atoms with Gasteiger partial charge in [-0.15, -0.1) is 0 Å². The van der Waals surface area contributed by atoms with E-state index in [-0.39, 0.29) is 29.8 Å². The molecule has 0 radical (unpaired) electrons. The van der Waals surface area contributed by atoms with E-state index in [1.807, 2.05) is 0 Å². The Balaban J connectivity index is 1.47. The molecule has 9 nitrogen and oxygen atoms in total. The minimum atomic E-state index is -0.261. The summed E-state index contributed by atoms with van der Waals surface area (Å²) >= 11 is 1.45. The summed E-state index contributed by atoms with van der Waals surface area (Å²) in [5.74, 6) is 0.256. The highest BCUT2D eigenvalue weighted by molar-refractivity contribution is 7.99. The SMILES string of the molecule is CC(=O)Nc1ccc(NC(=O)CC2CSc3nc4[nH]ncc4c(=O)n32)cc1. The maximum Gasteiger partial charge on any atom is 0.265 e. The topological polar surface area (TPSA) is 122 Å². The van der Waals surface area contributed by atoms with E-state index in [1.54, 1.807) is 28.8 Å². The average molecular weight is 384 g/mol. The fourth-order valence-electron chi connectivity index (χ4n) is 2.97. The van der Waals surface area contributed by atoms with E-state index in [0.717, 1.165) is 0 Å². The summed E-state index contributed by atoms with van der Waals surface area (Å²) in [5.41, 5.74) is 1.55. The highest BCUT2D eigenvalue weighted by Crippen LogP contribution is 2.33. The molecule has 10 heteroatoms. The largest absolute Gasteiger partial charge is 0.326 e. The quantitative estimate of drug-likeness (QED) is 0.589. The van der Waals surface area contributed by atoms with Crippen LogP contribution in [0.25, 0.3) is 11.0 Å². The summed E-state index contributed by atoms with van der Waals surface area (Å²) in [6.07, 6.45) is 1.62. The van der Waals surface area contributed by atoms with Gasteiger partial charge in [0.05, 0.1) is 12.2 Å². The van der Waals surface area contributed by atoms with Crippen molar-refractivity contribution in [2.75, 3.05) is 16.4 Å². The second-order valence-corrected chi connectivity index (χ2v) is 7.16. The average Bonchev–Trinajstić information content (AvgIpc) is 3.24. The van der Waals surface area contributed by atoms with Crippen LogP contribution < -0.4 is 16.2 Å². The van der Waals surface area contributed by atoms with Crippen LogP contribution >= 0.6 is 11.8 Å². The maximum absolute atomic E-state index is 12.6. The first-order valence-electron chi connectivity index (χ1n) is 8.27. The fraction of sp³-hybridized carbons (Fsp3) is 0.235. The number of carbonyl (C=O) groups is 2. The van der Waals surface area contributed by atoms with Crippen molar-refractivity contribution in [3.05, 3.63) is 40.8 Å². The monoisotopic (exact) mass is 384 g/mol. The molecule has 138 valence electrons. The molecule has 0 bridgehead atoms. The molecule has 3 heterocycles. The van der Waals surface area contributed by atoms with Gasteiger partial charge in [-0.1, -0.05) is 11.8 Å². The van der Waals surface area contributed by atoms with Crippen molar-refractivity contribution >= 4 is 46.0 Å². The molecule has 27 heavy (non-hydrogen) atoms. The lowest BCUT2D eigenvalue weighted by atomic mass is 10.2. The van der Waals surface area contributed by atoms with Crippen LogP contribution in [-0.4, -0.2) is 37.3 Å². The number of hydrogen-bond donors (Lipinski definition) is 3. The minimum Gasteiger partial charge on any atom is -0.326 e. The molecule has 2 aromatic heterocycles. The molecule has 1 aliphatic rings. The second-order valence-electron chi connectivity index (χ2n) is 6.18. The van der Waals surface area contributed by atoms with Crippen LogP contribution in [0.4, 0.5) is 11.4 Å². The van der Waals surface area contributed by atoms with Gasteiger partial charge in [0.25, 0.3) is 5.56 Å². The predicted octanol–water partition coefficient (Wildman–Crippen LogP) is 1.75. The van der Waals surface area contributed by atoms with Crippen molar-refractivity contribution in [2.24, 2.45) is 0 Å². The van der Waals surface area contributed by atoms with Crippen molar-refractivity contribution in [1.29, 1.82) is 0 Å². The van der Waals surface area contributed by atoms with Gasteiger partial charge in [-0.3, -0.25) is 24.0 Å². The summed E-state index contributed by atoms with van der Waals surface area (Å²) in [4.78, 5) is 40.5. The molecule has 0 fully saturated rings. The number of nitrogens with one attached hydrogen (secondary N) is 3. The number of fused-ring (bicyclic) bond motifs is 2. The number of benzene rings is 1. The van der Waals surface area contributed by atoms with Gasteiger partial charge in [-0.2, -0.15) is 5.10 Å². The highest BCUT2D eigenvalue weighted by atomic mass is 32.2. The maximum atomic E-state index is 12.6. The Morgan fingerprint density at radius 2 is 1.96 bits per heavy atom. The molecule has 1 aromatic carbocycles. The van der Waals surface area contributed by atoms with Crippen LogP contribution in [0.3, 0.4) is 0 Å². The number of H-pyrrole nitrogens is 1. The van der Waals surface area contributed by atoms with Crippen LogP contribution in [-0.2, 0) is 9.59 Å². The van der Waals surface area contributed by atoms with Gasteiger partial charge >= 0.3 is 0 Å². The number of rotatable bonds is 4. The first kappa shape index (κ1) is 17.3. The first-order valence-corrected chi connectivity index (χ1v) is 9.26. The van der Waals surface area contributed by atoms with Crippen LogP contribution in [0.2, 0.25) is 0 Å². The number of anilines is 2. The standard InChI is InChI=1S/C17H16N6O3S/c1-9(24)19-10-2-4-11(5-3-10)20-14(25)6-12-8-27-17-21-15-13(7-18-22-15)16(26)23(12)17/h2-5,7,12H,6,8H2,1H3,(H,18,22)(H,19,24)(H,20,25). The van der Waals surface area contributed by atoms with Crippen LogP contribution in [0.5, 0.6) is 0 Å². The molecule has 0 spiro atoms. The Bertz CT molecular complexity index is 1090. The summed E-state index contributed by atoms with van der Waals surface area (Å²) in [7, 11) is 0. The Morgan fingerprint density at radius 3 is 2.67 bits per heavy atom. The van der Waals surface area contributed by atoms with E-state index in [9.17, 15) is 14.4 Å². The zero-order chi connectivity index (χ0) is 19.0. The lowest BCUT2D eigenvalue weighted by molar-refractivity contribution is -0.117. The third-order valence-electron chi connectivity index (χ3n) is 4.16. The molecule has 3 N–H and O–H groups in total. The van der Waals surface area contributed by atoms with Gasteiger partial charge < -0.3 is 10.6 Å². The molecule has 0 aliphatic carbocycles. The van der Waals surface area contributed by atoms with Crippen molar-refractivity contribution < 1.29 is 9.59 Å². The molecule has 3 aromatic rings. The van der Waals surface area contributed by atoms with Crippen molar-refractivity contribution in [3.8, 4) is 0 Å². The van der Waals surface area contributed by atoms with Crippen LogP contribution in [0, 0.1) is 0 Å². The van der Waals surface area contributed by atoms with E-state index in [0.29, 0.717) is 33.3 Å². The number of nitrogens with zero attached hydrogens (tertiary/aromatic N) is 3. The van der Waals surface area contributed by atoms with Crippen molar-refractivity contribution in [2.45, 2.75) is 24.5 Å². The van der Waals surface area contributed by atoms with Crippen molar-refractivity contribution in [3.63, 3.8) is 0 Å². The normalized spacial score (nSPS) is 15.5. The second kappa shape index (κ2) is 6.88. The third kappa shape index (κ3) is 3.43. The summed E-state index contributed by atoms with van der Waals surface area (Å²) in [6.45, 7) is 1.43.